The van der Waals surface area contributed by atoms with Gasteiger partial charge in [-0.3, -0.25) is 9.59 Å². The lowest BCUT2D eigenvalue weighted by molar-refractivity contribution is -0.111. The average Bonchev–Trinajstić information content (AvgIpc) is 3.00. The van der Waals surface area contributed by atoms with Crippen LogP contribution in [0.4, 0.5) is 0 Å². The van der Waals surface area contributed by atoms with Gasteiger partial charge in [-0.2, -0.15) is 0 Å². The van der Waals surface area contributed by atoms with E-state index in [4.69, 9.17) is 76.6 Å². The fraction of sp³-hybridized carbons (Fsp3) is 0.188. The molecule has 0 fully saturated rings. The van der Waals surface area contributed by atoms with Gasteiger partial charge in [-0.05, 0) is 66.6 Å². The minimum absolute atomic E-state index is 0.0984. The van der Waals surface area contributed by atoms with Crippen LogP contribution in [0.3, 0.4) is 0 Å². The highest BCUT2D eigenvalue weighted by Gasteiger charge is 2.05. The Morgan fingerprint density at radius 3 is 1.16 bits per heavy atom. The number of Topliss-reactive ketones (excluding diaryl/α,β-unsaturated/α-hetero) is 1. The van der Waals surface area contributed by atoms with Crippen LogP contribution in [0, 0.1) is 0 Å². The summed E-state index contributed by atoms with van der Waals surface area (Å²) in [5, 5.41) is -0.0440. The van der Waals surface area contributed by atoms with Gasteiger partial charge in [-0.1, -0.05) is 97.2 Å². The number of carbonyl (C=O) groups excluding carboxylic acids is 2. The quantitative estimate of drug-likeness (QED) is 0.0732. The molecule has 4 rings (SSSR count). The summed E-state index contributed by atoms with van der Waals surface area (Å²) in [5.41, 5.74) is 0.730. The summed E-state index contributed by atoms with van der Waals surface area (Å²) in [6, 6.07) is 38.6. The zero-order valence-electron chi connectivity index (χ0n) is 23.9. The van der Waals surface area contributed by atoms with Gasteiger partial charge in [0, 0.05) is 43.9 Å². The first-order valence-corrected chi connectivity index (χ1v) is 21.9. The van der Waals surface area contributed by atoms with E-state index < -0.39 is 11.4 Å². The fourth-order valence-electron chi connectivity index (χ4n) is 2.87. The Morgan fingerprint density at radius 2 is 0.909 bits per heavy atom. The summed E-state index contributed by atoms with van der Waals surface area (Å²) < 4.78 is 0. The molecule has 4 aromatic rings. The van der Waals surface area contributed by atoms with E-state index in [-0.39, 0.29) is 16.4 Å². The van der Waals surface area contributed by atoms with Crippen molar-refractivity contribution in [1.29, 1.82) is 0 Å². The molecule has 0 radical (unpaired) electrons. The van der Waals surface area contributed by atoms with Crippen LogP contribution in [-0.4, -0.2) is 33.6 Å². The van der Waals surface area contributed by atoms with Crippen LogP contribution >= 0.6 is 100 Å². The Labute approximate surface area is 307 Å². The molecule has 0 spiro atoms. The topological polar surface area (TPSA) is 34.1 Å². The molecule has 0 saturated heterocycles. The molecule has 0 aliphatic rings. The van der Waals surface area contributed by atoms with E-state index in [9.17, 15) is 9.59 Å². The summed E-state index contributed by atoms with van der Waals surface area (Å²) in [5.74, 6) is 0.473. The van der Waals surface area contributed by atoms with E-state index in [0.29, 0.717) is 18.7 Å². The van der Waals surface area contributed by atoms with Crippen LogP contribution in [0.1, 0.15) is 36.5 Å². The normalized spacial score (nSPS) is 9.27. The minimum atomic E-state index is -1.72. The highest BCUT2D eigenvalue weighted by atomic mass is 35.8. The van der Waals surface area contributed by atoms with Crippen molar-refractivity contribution in [2.45, 2.75) is 45.8 Å². The maximum Gasteiger partial charge on any atom is 0.643 e. The fourth-order valence-corrected chi connectivity index (χ4v) is 4.93. The van der Waals surface area contributed by atoms with Gasteiger partial charge in [0.2, 0.25) is 5.24 Å². The molecule has 12 heteroatoms. The third kappa shape index (κ3) is 25.6. The molecule has 0 aliphatic heterocycles. The lowest BCUT2D eigenvalue weighted by Gasteiger charge is -2.03. The highest BCUT2D eigenvalue weighted by Crippen LogP contribution is 2.28. The van der Waals surface area contributed by atoms with Crippen LogP contribution in [0.2, 0.25) is 0 Å². The van der Waals surface area contributed by atoms with E-state index in [2.05, 4.69) is 60.7 Å². The van der Waals surface area contributed by atoms with Gasteiger partial charge in [0.15, 0.2) is 5.78 Å². The molecule has 0 N–H and O–H groups in total. The van der Waals surface area contributed by atoms with Gasteiger partial charge in [0.25, 0.3) is 0 Å². The van der Waals surface area contributed by atoms with Crippen molar-refractivity contribution in [3.05, 3.63) is 121 Å². The molecule has 0 heterocycles. The molecular weight excluding hydrogens is 756 g/mol. The largest absolute Gasteiger partial charge is 0.643 e. The SMILES string of the molecule is CCCC(=O)Cl.ClCCl.O=C(CCCl)c1ccc(Sc2ccccc2)cc1.[Cl][Al]([Cl])[Cl].c1ccc(Sc2ccccc2)cc1. The third-order valence-corrected chi connectivity index (χ3v) is 7.05. The molecule has 0 bridgehead atoms. The zero-order valence-corrected chi connectivity index (χ0v) is 31.9. The van der Waals surface area contributed by atoms with Gasteiger partial charge in [0.05, 0.1) is 5.34 Å². The summed E-state index contributed by atoms with van der Waals surface area (Å²) >= 11 is 21.8. The van der Waals surface area contributed by atoms with Crippen LogP contribution in [0.15, 0.2) is 135 Å². The van der Waals surface area contributed by atoms with E-state index in [1.165, 1.54) is 14.7 Å². The maximum absolute atomic E-state index is 11.6. The van der Waals surface area contributed by atoms with Gasteiger partial charge in [0.1, 0.15) is 0 Å². The Hall–Kier alpha value is -0.518. The predicted octanol–water partition coefficient (Wildman–Crippen LogP) is 13.1. The van der Waals surface area contributed by atoms with E-state index >= 15 is 0 Å². The monoisotopic (exact) mass is 784 g/mol. The minimum Gasteiger partial charge on any atom is -0.294 e. The number of hydrogen-bond donors (Lipinski definition) is 0. The van der Waals surface area contributed by atoms with Gasteiger partial charge in [-0.15, -0.1) is 34.8 Å². The van der Waals surface area contributed by atoms with E-state index in [1.807, 2.05) is 61.5 Å². The maximum atomic E-state index is 11.6. The van der Waals surface area contributed by atoms with Crippen molar-refractivity contribution in [3.63, 3.8) is 0 Å². The molecular formula is C32H32AlCl7O2S2. The van der Waals surface area contributed by atoms with E-state index in [1.54, 1.807) is 23.5 Å². The zero-order chi connectivity index (χ0) is 33.0. The lowest BCUT2D eigenvalue weighted by Crippen LogP contribution is -1.98. The number of alkyl halides is 3. The number of carbonyl (C=O) groups is 2. The Kier molecular flexibility index (Phi) is 29.5. The molecule has 0 aliphatic carbocycles. The van der Waals surface area contributed by atoms with Gasteiger partial charge < -0.3 is 0 Å². The smallest absolute Gasteiger partial charge is 0.294 e. The number of hydrogen-bond acceptors (Lipinski definition) is 4. The number of rotatable bonds is 9. The molecule has 236 valence electrons. The molecule has 0 amide bonds. The predicted molar refractivity (Wildman–Crippen MR) is 199 cm³/mol. The van der Waals surface area contributed by atoms with Crippen molar-refractivity contribution in [3.8, 4) is 0 Å². The molecule has 2 nitrogen and oxygen atoms in total. The van der Waals surface area contributed by atoms with Crippen LogP contribution in [-0.2, 0) is 4.79 Å². The second-order valence-corrected chi connectivity index (χ2v) is 18.3. The summed E-state index contributed by atoms with van der Waals surface area (Å²) in [6.45, 7) is 1.92. The molecule has 4 aromatic carbocycles. The average molecular weight is 788 g/mol. The standard InChI is InChI=1S/C15H13ClOS.C12H10S.C4H7ClO.CH2Cl2.Al.3ClH/c16-11-10-15(17)12-6-8-14(9-7-12)18-13-4-2-1-3-5-13;1-3-7-11(8-4-1)13-12-9-5-2-6-10-12;1-2-3-4(5)6;2-1-3;;;;/h1-9H,10-11H2;1-10H;2-3H2,1H3;1H2;;3*1H/q;;;;+3;;;/p-3. The first-order valence-electron chi connectivity index (χ1n) is 13.1. The number of benzene rings is 4. The van der Waals surface area contributed by atoms with Crippen molar-refractivity contribution in [2.24, 2.45) is 0 Å². The Balaban J connectivity index is 0.000000618. The van der Waals surface area contributed by atoms with Crippen molar-refractivity contribution in [1.82, 2.24) is 0 Å². The van der Waals surface area contributed by atoms with Crippen molar-refractivity contribution >= 4 is 122 Å². The van der Waals surface area contributed by atoms with Gasteiger partial charge in [-0.25, -0.2) is 30.1 Å². The highest BCUT2D eigenvalue weighted by molar-refractivity contribution is 7.99. The molecule has 0 aromatic heterocycles. The Morgan fingerprint density at radius 1 is 0.591 bits per heavy atom. The lowest BCUT2D eigenvalue weighted by atomic mass is 10.1. The summed E-state index contributed by atoms with van der Waals surface area (Å²) in [7, 11) is 14.8. The van der Waals surface area contributed by atoms with Crippen LogP contribution < -0.4 is 0 Å². The third-order valence-electron chi connectivity index (χ3n) is 4.65. The summed E-state index contributed by atoms with van der Waals surface area (Å²) in [4.78, 5) is 26.3. The molecule has 0 atom stereocenters. The summed E-state index contributed by atoms with van der Waals surface area (Å²) in [6.07, 6.45) is 1.75. The molecule has 0 unspecified atom stereocenters. The van der Waals surface area contributed by atoms with Crippen molar-refractivity contribution in [2.75, 3.05) is 11.2 Å². The van der Waals surface area contributed by atoms with Gasteiger partial charge >= 0.3 is 11.4 Å². The van der Waals surface area contributed by atoms with E-state index in [0.717, 1.165) is 16.9 Å². The van der Waals surface area contributed by atoms with Crippen LogP contribution in [0.25, 0.3) is 0 Å². The first kappa shape index (κ1) is 43.5. The molecule has 44 heavy (non-hydrogen) atoms. The number of ketones is 1. The molecule has 0 saturated carbocycles. The number of halogens is 7. The van der Waals surface area contributed by atoms with Crippen LogP contribution in [0.5, 0.6) is 0 Å². The van der Waals surface area contributed by atoms with Crippen molar-refractivity contribution < 1.29 is 9.59 Å². The second kappa shape index (κ2) is 29.9. The first-order chi connectivity index (χ1) is 21.2. The second-order valence-electron chi connectivity index (χ2n) is 7.98. The Bertz CT molecular complexity index is 1220.